The Hall–Kier alpha value is -2.20. The highest BCUT2D eigenvalue weighted by atomic mass is 16.1. The fraction of sp³-hybridized carbons (Fsp3) is 0.250. The Morgan fingerprint density at radius 1 is 1.30 bits per heavy atom. The molecule has 0 bridgehead atoms. The Kier molecular flexibility index (Phi) is 3.48. The third-order valence-electron chi connectivity index (χ3n) is 3.70. The van der Waals surface area contributed by atoms with Crippen LogP contribution in [0.25, 0.3) is 10.9 Å². The van der Waals surface area contributed by atoms with E-state index in [0.717, 1.165) is 35.1 Å². The lowest BCUT2D eigenvalue weighted by molar-refractivity contribution is -0.117. The summed E-state index contributed by atoms with van der Waals surface area (Å²) in [5, 5.41) is 7.22. The van der Waals surface area contributed by atoms with E-state index in [4.69, 9.17) is 0 Å². The van der Waals surface area contributed by atoms with Crippen LogP contribution in [0.4, 0.5) is 0 Å². The number of fused-ring (bicyclic) bond motifs is 1. The Bertz CT molecular complexity index is 680. The Labute approximate surface area is 117 Å². The summed E-state index contributed by atoms with van der Waals surface area (Å²) in [6.07, 6.45) is 1.78. The molecule has 2 heterocycles. The van der Waals surface area contributed by atoms with Crippen LogP contribution in [-0.2, 0) is 11.3 Å². The number of benzene rings is 1. The van der Waals surface area contributed by atoms with Crippen LogP contribution in [0, 0.1) is 0 Å². The van der Waals surface area contributed by atoms with Crippen molar-refractivity contribution in [1.82, 2.24) is 15.6 Å². The van der Waals surface area contributed by atoms with Crippen LogP contribution in [0.15, 0.2) is 47.7 Å². The van der Waals surface area contributed by atoms with Crippen molar-refractivity contribution in [2.24, 2.45) is 0 Å². The summed E-state index contributed by atoms with van der Waals surface area (Å²) in [4.78, 5) is 16.5. The van der Waals surface area contributed by atoms with Crippen molar-refractivity contribution < 1.29 is 4.79 Å². The minimum Gasteiger partial charge on any atom is -0.348 e. The fourth-order valence-electron chi connectivity index (χ4n) is 2.29. The van der Waals surface area contributed by atoms with E-state index in [9.17, 15) is 4.79 Å². The maximum Gasteiger partial charge on any atom is 0.247 e. The van der Waals surface area contributed by atoms with Gasteiger partial charge in [0.25, 0.3) is 0 Å². The fourth-order valence-corrected chi connectivity index (χ4v) is 2.29. The van der Waals surface area contributed by atoms with Crippen molar-refractivity contribution in [3.8, 4) is 0 Å². The molecule has 0 radical (unpaired) electrons. The smallest absolute Gasteiger partial charge is 0.247 e. The lowest BCUT2D eigenvalue weighted by Gasteiger charge is -2.21. The van der Waals surface area contributed by atoms with E-state index < -0.39 is 0 Å². The molecule has 0 aliphatic carbocycles. The van der Waals surface area contributed by atoms with Crippen LogP contribution >= 0.6 is 0 Å². The van der Waals surface area contributed by atoms with Gasteiger partial charge in [-0.15, -0.1) is 0 Å². The maximum absolute atomic E-state index is 12.1. The van der Waals surface area contributed by atoms with Crippen molar-refractivity contribution in [2.75, 3.05) is 13.1 Å². The molecule has 102 valence electrons. The molecule has 1 aromatic heterocycles. The normalized spacial score (nSPS) is 13.9. The largest absolute Gasteiger partial charge is 0.348 e. The molecule has 0 spiro atoms. The van der Waals surface area contributed by atoms with E-state index in [-0.39, 0.29) is 5.91 Å². The van der Waals surface area contributed by atoms with Gasteiger partial charge in [-0.3, -0.25) is 9.78 Å². The van der Waals surface area contributed by atoms with Gasteiger partial charge in [-0.2, -0.15) is 0 Å². The predicted octanol–water partition coefficient (Wildman–Crippen LogP) is 1.77. The predicted molar refractivity (Wildman–Crippen MR) is 79.2 cm³/mol. The van der Waals surface area contributed by atoms with Crippen molar-refractivity contribution in [3.63, 3.8) is 0 Å². The van der Waals surface area contributed by atoms with Gasteiger partial charge in [-0.1, -0.05) is 24.3 Å². The molecule has 0 unspecified atom stereocenters. The summed E-state index contributed by atoms with van der Waals surface area (Å²) in [5.74, 6) is 0.00874. The Balaban J connectivity index is 1.76. The lowest BCUT2D eigenvalue weighted by Crippen LogP contribution is -2.37. The summed E-state index contributed by atoms with van der Waals surface area (Å²) >= 11 is 0. The third-order valence-corrected chi connectivity index (χ3v) is 3.70. The first kappa shape index (κ1) is 12.8. The molecule has 2 N–H and O–H groups in total. The molecule has 1 aromatic carbocycles. The molecule has 2 aromatic rings. The second-order valence-electron chi connectivity index (χ2n) is 5.01. The number of para-hydroxylation sites is 1. The molecule has 0 atom stereocenters. The van der Waals surface area contributed by atoms with Gasteiger partial charge >= 0.3 is 0 Å². The third kappa shape index (κ3) is 2.42. The van der Waals surface area contributed by atoms with Gasteiger partial charge in [0.05, 0.1) is 5.52 Å². The van der Waals surface area contributed by atoms with Crippen molar-refractivity contribution >= 4 is 16.8 Å². The van der Waals surface area contributed by atoms with Crippen molar-refractivity contribution in [3.05, 3.63) is 53.2 Å². The highest BCUT2D eigenvalue weighted by Gasteiger charge is 2.15. The number of carbonyl (C=O) groups is 1. The standard InChI is InChI=1S/C16H17N3O/c1-11(14-8-17-9-14)16(20)19-10-13-5-2-4-12-6-3-7-18-15(12)13/h2-7,17H,8-10H2,1H3,(H,19,20). The zero-order chi connectivity index (χ0) is 13.9. The molecule has 1 saturated heterocycles. The van der Waals surface area contributed by atoms with E-state index in [1.165, 1.54) is 5.57 Å². The summed E-state index contributed by atoms with van der Waals surface area (Å²) in [6.45, 7) is 4.04. The average Bonchev–Trinajstić information content (AvgIpc) is 2.42. The summed E-state index contributed by atoms with van der Waals surface area (Å²) < 4.78 is 0. The molecule has 4 heteroatoms. The Morgan fingerprint density at radius 3 is 2.85 bits per heavy atom. The van der Waals surface area contributed by atoms with Crippen LogP contribution in [0.1, 0.15) is 12.5 Å². The monoisotopic (exact) mass is 267 g/mol. The number of aromatic nitrogens is 1. The summed E-state index contributed by atoms with van der Waals surface area (Å²) in [7, 11) is 0. The molecule has 1 fully saturated rings. The van der Waals surface area contributed by atoms with E-state index in [1.807, 2.05) is 37.3 Å². The van der Waals surface area contributed by atoms with Crippen LogP contribution in [-0.4, -0.2) is 24.0 Å². The van der Waals surface area contributed by atoms with Crippen LogP contribution in [0.3, 0.4) is 0 Å². The van der Waals surface area contributed by atoms with E-state index in [2.05, 4.69) is 15.6 Å². The van der Waals surface area contributed by atoms with Gasteiger partial charge < -0.3 is 10.6 Å². The summed E-state index contributed by atoms with van der Waals surface area (Å²) in [6, 6.07) is 9.97. The maximum atomic E-state index is 12.1. The first-order valence-corrected chi connectivity index (χ1v) is 6.76. The minimum atomic E-state index is 0.00874. The van der Waals surface area contributed by atoms with E-state index in [1.54, 1.807) is 6.20 Å². The second-order valence-corrected chi connectivity index (χ2v) is 5.01. The number of nitrogens with one attached hydrogen (secondary N) is 2. The quantitative estimate of drug-likeness (QED) is 0.833. The van der Waals surface area contributed by atoms with Gasteiger partial charge in [-0.25, -0.2) is 0 Å². The molecule has 3 rings (SSSR count). The molecule has 1 aliphatic rings. The van der Waals surface area contributed by atoms with Gasteiger partial charge in [0.1, 0.15) is 0 Å². The SMILES string of the molecule is CC(C(=O)NCc1cccc2cccnc12)=C1CNC1. The Morgan fingerprint density at radius 2 is 2.10 bits per heavy atom. The number of nitrogens with zero attached hydrogens (tertiary/aromatic N) is 1. The number of carbonyl (C=O) groups excluding carboxylic acids is 1. The van der Waals surface area contributed by atoms with Crippen LogP contribution in [0.5, 0.6) is 0 Å². The lowest BCUT2D eigenvalue weighted by atomic mass is 10.0. The number of pyridine rings is 1. The average molecular weight is 267 g/mol. The molecule has 1 aliphatic heterocycles. The minimum absolute atomic E-state index is 0.00874. The van der Waals surface area contributed by atoms with Gasteiger partial charge in [-0.05, 0) is 24.1 Å². The summed E-state index contributed by atoms with van der Waals surface area (Å²) in [5.41, 5.74) is 4.02. The topological polar surface area (TPSA) is 54.0 Å². The second kappa shape index (κ2) is 5.43. The molecular weight excluding hydrogens is 250 g/mol. The highest BCUT2D eigenvalue weighted by Crippen LogP contribution is 2.16. The van der Waals surface area contributed by atoms with Crippen molar-refractivity contribution in [1.29, 1.82) is 0 Å². The number of hydrogen-bond acceptors (Lipinski definition) is 3. The number of rotatable bonds is 3. The number of amides is 1. The van der Waals surface area contributed by atoms with Crippen LogP contribution < -0.4 is 10.6 Å². The van der Waals surface area contributed by atoms with Gasteiger partial charge in [0.15, 0.2) is 0 Å². The molecular formula is C16H17N3O. The highest BCUT2D eigenvalue weighted by molar-refractivity contribution is 5.94. The first-order chi connectivity index (χ1) is 9.75. The van der Waals surface area contributed by atoms with Gasteiger partial charge in [0, 0.05) is 36.8 Å². The zero-order valence-electron chi connectivity index (χ0n) is 11.4. The molecule has 20 heavy (non-hydrogen) atoms. The van der Waals surface area contributed by atoms with Crippen molar-refractivity contribution in [2.45, 2.75) is 13.5 Å². The van der Waals surface area contributed by atoms with Crippen LogP contribution in [0.2, 0.25) is 0 Å². The van der Waals surface area contributed by atoms with Gasteiger partial charge in [0.2, 0.25) is 5.91 Å². The first-order valence-electron chi connectivity index (χ1n) is 6.76. The zero-order valence-corrected chi connectivity index (χ0v) is 11.4. The molecule has 0 saturated carbocycles. The molecule has 4 nitrogen and oxygen atoms in total. The van der Waals surface area contributed by atoms with E-state index >= 15 is 0 Å². The molecule has 1 amide bonds. The van der Waals surface area contributed by atoms with E-state index in [0.29, 0.717) is 6.54 Å². The number of hydrogen-bond donors (Lipinski definition) is 2.